The lowest BCUT2D eigenvalue weighted by Gasteiger charge is -2.16. The number of carbonyl (C=O) groups excluding carboxylic acids is 1. The summed E-state index contributed by atoms with van der Waals surface area (Å²) in [5.41, 5.74) is 0.433. The number of aromatic nitrogens is 2. The van der Waals surface area contributed by atoms with Gasteiger partial charge in [-0.05, 0) is 49.2 Å². The van der Waals surface area contributed by atoms with Gasteiger partial charge in [0, 0.05) is 24.2 Å². The number of hydrogen-bond donors (Lipinski definition) is 2. The maximum Gasteiger partial charge on any atom is 0.261 e. The first kappa shape index (κ1) is 21.1. The normalized spacial score (nSPS) is 14.5. The number of amides is 1. The summed E-state index contributed by atoms with van der Waals surface area (Å²) >= 11 is 0. The number of halogens is 1. The van der Waals surface area contributed by atoms with Crippen LogP contribution in [0.5, 0.6) is 0 Å². The summed E-state index contributed by atoms with van der Waals surface area (Å²) in [7, 11) is -4.13. The molecule has 1 aromatic heterocycles. The van der Waals surface area contributed by atoms with Crippen molar-refractivity contribution in [3.63, 3.8) is 0 Å². The van der Waals surface area contributed by atoms with Crippen LogP contribution in [0.2, 0.25) is 0 Å². The van der Waals surface area contributed by atoms with Gasteiger partial charge in [0.05, 0.1) is 15.8 Å². The largest absolute Gasteiger partial charge is 0.322 e. The third-order valence-electron chi connectivity index (χ3n) is 5.29. The summed E-state index contributed by atoms with van der Waals surface area (Å²) in [6.07, 6.45) is 4.74. The number of fused-ring (bicyclic) bond motifs is 2. The van der Waals surface area contributed by atoms with Gasteiger partial charge in [-0.2, -0.15) is 0 Å². The van der Waals surface area contributed by atoms with Gasteiger partial charge < -0.3 is 5.32 Å². The highest BCUT2D eigenvalue weighted by Gasteiger charge is 2.16. The number of anilines is 1. The molecular weight excluding hydrogens is 423 g/mol. The van der Waals surface area contributed by atoms with E-state index in [1.165, 1.54) is 12.1 Å². The molecule has 0 bridgehead atoms. The van der Waals surface area contributed by atoms with E-state index in [1.54, 1.807) is 10.6 Å². The number of hydrogen-bond acceptors (Lipinski definition) is 5. The van der Waals surface area contributed by atoms with E-state index in [0.717, 1.165) is 43.9 Å². The number of carbonyl (C=O) groups is 1. The van der Waals surface area contributed by atoms with Crippen molar-refractivity contribution in [2.24, 2.45) is 5.14 Å². The standard InChI is InChI=1S/C21H21FN4O4S/c22-14-10-15(12-16(11-14)31(23,29)30)24-20(27)13-6-7-17-18(9-13)25-19-5-3-1-2-4-8-26(19)21(17)28/h6-7,9-12H,1-5,8H2,(H,24,27)(H2,23,29,30). The Labute approximate surface area is 178 Å². The minimum Gasteiger partial charge on any atom is -0.322 e. The molecule has 2 heterocycles. The van der Waals surface area contributed by atoms with Crippen molar-refractivity contribution in [3.05, 3.63) is 64.0 Å². The number of nitrogens with two attached hydrogens (primary N) is 1. The van der Waals surface area contributed by atoms with Gasteiger partial charge in [0.2, 0.25) is 10.0 Å². The highest BCUT2D eigenvalue weighted by atomic mass is 32.2. The summed E-state index contributed by atoms with van der Waals surface area (Å²) in [6.45, 7) is 0.630. The Morgan fingerprint density at radius 2 is 1.87 bits per heavy atom. The van der Waals surface area contributed by atoms with E-state index in [1.807, 2.05) is 0 Å². The molecule has 31 heavy (non-hydrogen) atoms. The second-order valence-corrected chi connectivity index (χ2v) is 9.12. The van der Waals surface area contributed by atoms with Gasteiger partial charge in [-0.15, -0.1) is 0 Å². The number of benzene rings is 2. The molecule has 1 aliphatic rings. The molecule has 0 atom stereocenters. The van der Waals surface area contributed by atoms with Gasteiger partial charge in [0.15, 0.2) is 0 Å². The molecule has 10 heteroatoms. The first-order chi connectivity index (χ1) is 14.7. The number of aryl methyl sites for hydroxylation is 1. The van der Waals surface area contributed by atoms with Crippen LogP contribution in [0, 0.1) is 5.82 Å². The maximum atomic E-state index is 13.8. The van der Waals surface area contributed by atoms with E-state index < -0.39 is 26.6 Å². The Bertz CT molecular complexity index is 1350. The SMILES string of the molecule is NS(=O)(=O)c1cc(F)cc(NC(=O)c2ccc3c(=O)n4c(nc3c2)CCCCCC4)c1. The van der Waals surface area contributed by atoms with Crippen molar-refractivity contribution >= 4 is 32.5 Å². The van der Waals surface area contributed by atoms with Crippen LogP contribution in [-0.4, -0.2) is 23.9 Å². The highest BCUT2D eigenvalue weighted by molar-refractivity contribution is 7.89. The predicted octanol–water partition coefficient (Wildman–Crippen LogP) is 2.55. The Kier molecular flexibility index (Phi) is 5.59. The molecule has 1 amide bonds. The van der Waals surface area contributed by atoms with Gasteiger partial charge in [0.1, 0.15) is 11.6 Å². The zero-order valence-electron chi connectivity index (χ0n) is 16.6. The zero-order valence-corrected chi connectivity index (χ0v) is 17.4. The molecule has 0 spiro atoms. The molecule has 0 saturated carbocycles. The van der Waals surface area contributed by atoms with Crippen molar-refractivity contribution in [3.8, 4) is 0 Å². The van der Waals surface area contributed by atoms with Crippen molar-refractivity contribution in [1.82, 2.24) is 9.55 Å². The van der Waals surface area contributed by atoms with Gasteiger partial charge in [-0.1, -0.05) is 12.8 Å². The van der Waals surface area contributed by atoms with Crippen LogP contribution < -0.4 is 16.0 Å². The van der Waals surface area contributed by atoms with Crippen LogP contribution >= 0.6 is 0 Å². The van der Waals surface area contributed by atoms with Gasteiger partial charge in [0.25, 0.3) is 11.5 Å². The van der Waals surface area contributed by atoms with Crippen LogP contribution in [0.4, 0.5) is 10.1 Å². The number of sulfonamides is 1. The number of primary sulfonamides is 1. The van der Waals surface area contributed by atoms with Crippen LogP contribution in [0.15, 0.2) is 46.1 Å². The molecule has 4 rings (SSSR count). The van der Waals surface area contributed by atoms with Gasteiger partial charge in [-0.25, -0.2) is 22.9 Å². The Hall–Kier alpha value is -3.11. The van der Waals surface area contributed by atoms with Gasteiger partial charge in [-0.3, -0.25) is 14.2 Å². The lowest BCUT2D eigenvalue weighted by atomic mass is 10.1. The van der Waals surface area contributed by atoms with E-state index in [0.29, 0.717) is 29.7 Å². The molecule has 0 saturated heterocycles. The minimum atomic E-state index is -4.13. The summed E-state index contributed by atoms with van der Waals surface area (Å²) in [6, 6.07) is 7.37. The fourth-order valence-electron chi connectivity index (χ4n) is 3.74. The Morgan fingerprint density at radius 3 is 2.65 bits per heavy atom. The fraction of sp³-hybridized carbons (Fsp3) is 0.286. The molecular formula is C21H21FN4O4S. The molecule has 3 N–H and O–H groups in total. The molecule has 1 aliphatic heterocycles. The van der Waals surface area contributed by atoms with Crippen LogP contribution in [-0.2, 0) is 23.0 Å². The van der Waals surface area contributed by atoms with Crippen LogP contribution in [0.1, 0.15) is 41.9 Å². The molecule has 0 unspecified atom stereocenters. The predicted molar refractivity (Wildman–Crippen MR) is 114 cm³/mol. The van der Waals surface area contributed by atoms with Crippen molar-refractivity contribution in [2.45, 2.75) is 43.5 Å². The van der Waals surface area contributed by atoms with Crippen molar-refractivity contribution in [1.29, 1.82) is 0 Å². The molecule has 0 aliphatic carbocycles. The van der Waals surface area contributed by atoms with Crippen molar-refractivity contribution < 1.29 is 17.6 Å². The number of rotatable bonds is 3. The summed E-state index contributed by atoms with van der Waals surface area (Å²) in [5, 5.41) is 7.92. The van der Waals surface area contributed by atoms with Crippen LogP contribution in [0.25, 0.3) is 10.9 Å². The smallest absolute Gasteiger partial charge is 0.261 e. The molecule has 8 nitrogen and oxygen atoms in total. The monoisotopic (exact) mass is 444 g/mol. The van der Waals surface area contributed by atoms with Crippen molar-refractivity contribution in [2.75, 3.05) is 5.32 Å². The lowest BCUT2D eigenvalue weighted by molar-refractivity contribution is 0.102. The second-order valence-electron chi connectivity index (χ2n) is 7.56. The minimum absolute atomic E-state index is 0.0553. The second kappa shape index (κ2) is 8.20. The Balaban J connectivity index is 1.69. The molecule has 2 aromatic carbocycles. The van der Waals surface area contributed by atoms with Crippen LogP contribution in [0.3, 0.4) is 0 Å². The van der Waals surface area contributed by atoms with E-state index >= 15 is 0 Å². The van der Waals surface area contributed by atoms with E-state index in [2.05, 4.69) is 10.3 Å². The average Bonchev–Trinajstić information content (AvgIpc) is 2.68. The van der Waals surface area contributed by atoms with Gasteiger partial charge >= 0.3 is 0 Å². The molecule has 3 aromatic rings. The quantitative estimate of drug-likeness (QED) is 0.642. The fourth-order valence-corrected chi connectivity index (χ4v) is 4.31. The number of nitrogens with zero attached hydrogens (tertiary/aromatic N) is 2. The third-order valence-corrected chi connectivity index (χ3v) is 6.18. The van der Waals surface area contributed by atoms with E-state index in [-0.39, 0.29) is 16.8 Å². The summed E-state index contributed by atoms with van der Waals surface area (Å²) in [4.78, 5) is 29.7. The summed E-state index contributed by atoms with van der Waals surface area (Å²) < 4.78 is 38.5. The topological polar surface area (TPSA) is 124 Å². The zero-order chi connectivity index (χ0) is 22.2. The first-order valence-electron chi connectivity index (χ1n) is 9.90. The molecule has 0 fully saturated rings. The average molecular weight is 444 g/mol. The lowest BCUT2D eigenvalue weighted by Crippen LogP contribution is -2.26. The molecule has 162 valence electrons. The first-order valence-corrected chi connectivity index (χ1v) is 11.5. The molecule has 0 radical (unpaired) electrons. The maximum absolute atomic E-state index is 13.8. The summed E-state index contributed by atoms with van der Waals surface area (Å²) in [5.74, 6) is -0.743. The highest BCUT2D eigenvalue weighted by Crippen LogP contribution is 2.20. The third kappa shape index (κ3) is 4.49. The van der Waals surface area contributed by atoms with E-state index in [9.17, 15) is 22.4 Å². The van der Waals surface area contributed by atoms with E-state index in [4.69, 9.17) is 5.14 Å². The number of nitrogens with one attached hydrogen (secondary N) is 1. The Morgan fingerprint density at radius 1 is 1.10 bits per heavy atom.